The molecular formula is C18H20N6O. The largest absolute Gasteiger partial charge is 0.481 e. The van der Waals surface area contributed by atoms with Gasteiger partial charge in [0.15, 0.2) is 0 Å². The molecule has 7 heteroatoms. The fraction of sp³-hybridized carbons (Fsp3) is 0.333. The number of anilines is 1. The van der Waals surface area contributed by atoms with Crippen LogP contribution in [0, 0.1) is 0 Å². The van der Waals surface area contributed by atoms with Crippen LogP contribution >= 0.6 is 0 Å². The highest BCUT2D eigenvalue weighted by Crippen LogP contribution is 2.23. The van der Waals surface area contributed by atoms with Gasteiger partial charge >= 0.3 is 0 Å². The zero-order chi connectivity index (χ0) is 17.1. The monoisotopic (exact) mass is 336 g/mol. The summed E-state index contributed by atoms with van der Waals surface area (Å²) in [6.45, 7) is 4.63. The zero-order valence-electron chi connectivity index (χ0n) is 14.2. The molecule has 0 spiro atoms. The minimum atomic E-state index is 0.664. The predicted octanol–water partition coefficient (Wildman–Crippen LogP) is 1.75. The van der Waals surface area contributed by atoms with Gasteiger partial charge < -0.3 is 9.64 Å². The average Bonchev–Trinajstić information content (AvgIpc) is 2.68. The average molecular weight is 336 g/mol. The molecule has 0 amide bonds. The van der Waals surface area contributed by atoms with Gasteiger partial charge in [0.05, 0.1) is 24.5 Å². The molecule has 4 rings (SSSR count). The van der Waals surface area contributed by atoms with Crippen LogP contribution in [0.2, 0.25) is 0 Å². The van der Waals surface area contributed by atoms with Gasteiger partial charge in [0.25, 0.3) is 0 Å². The number of ether oxygens (including phenoxy) is 1. The highest BCUT2D eigenvalue weighted by molar-refractivity contribution is 5.88. The van der Waals surface area contributed by atoms with Crippen LogP contribution in [0.15, 0.2) is 43.0 Å². The number of methoxy groups -OCH3 is 1. The lowest BCUT2D eigenvalue weighted by Crippen LogP contribution is -2.46. The molecule has 128 valence electrons. The van der Waals surface area contributed by atoms with Crippen LogP contribution in [-0.4, -0.2) is 58.1 Å². The quantitative estimate of drug-likeness (QED) is 0.719. The summed E-state index contributed by atoms with van der Waals surface area (Å²) in [7, 11) is 1.65. The van der Waals surface area contributed by atoms with E-state index >= 15 is 0 Å². The molecular weight excluding hydrogens is 316 g/mol. The molecule has 0 aliphatic carbocycles. The van der Waals surface area contributed by atoms with E-state index in [-0.39, 0.29) is 0 Å². The van der Waals surface area contributed by atoms with E-state index in [1.807, 2.05) is 24.3 Å². The van der Waals surface area contributed by atoms with Crippen molar-refractivity contribution in [2.24, 2.45) is 0 Å². The van der Waals surface area contributed by atoms with Crippen LogP contribution in [0.3, 0.4) is 0 Å². The van der Waals surface area contributed by atoms with Crippen molar-refractivity contribution in [3.05, 3.63) is 48.7 Å². The normalized spacial score (nSPS) is 15.5. The van der Waals surface area contributed by atoms with E-state index in [9.17, 15) is 0 Å². The molecule has 1 aliphatic rings. The number of rotatable bonds is 4. The third-order valence-electron chi connectivity index (χ3n) is 4.47. The summed E-state index contributed by atoms with van der Waals surface area (Å²) in [5, 5.41) is 1.06. The Kier molecular flexibility index (Phi) is 4.39. The Labute approximate surface area is 146 Å². The van der Waals surface area contributed by atoms with Crippen molar-refractivity contribution in [1.29, 1.82) is 0 Å². The number of hydrogen-bond acceptors (Lipinski definition) is 7. The van der Waals surface area contributed by atoms with Crippen molar-refractivity contribution < 1.29 is 4.74 Å². The van der Waals surface area contributed by atoms with Gasteiger partial charge in [0.1, 0.15) is 12.1 Å². The zero-order valence-corrected chi connectivity index (χ0v) is 14.2. The SMILES string of the molecule is COc1cccc(CN2CCN(c3ncnc4cnccc34)CC2)n1. The van der Waals surface area contributed by atoms with Gasteiger partial charge in [0.2, 0.25) is 5.88 Å². The highest BCUT2D eigenvalue weighted by atomic mass is 16.5. The first-order valence-corrected chi connectivity index (χ1v) is 8.35. The third-order valence-corrected chi connectivity index (χ3v) is 4.47. The number of nitrogens with zero attached hydrogens (tertiary/aromatic N) is 6. The lowest BCUT2D eigenvalue weighted by atomic mass is 10.2. The summed E-state index contributed by atoms with van der Waals surface area (Å²) in [4.78, 5) is 22.2. The number of pyridine rings is 2. The molecule has 0 unspecified atom stereocenters. The lowest BCUT2D eigenvalue weighted by molar-refractivity contribution is 0.245. The molecule has 4 heterocycles. The summed E-state index contributed by atoms with van der Waals surface area (Å²) in [6, 6.07) is 7.88. The van der Waals surface area contributed by atoms with Crippen LogP contribution in [0.5, 0.6) is 5.88 Å². The van der Waals surface area contributed by atoms with Gasteiger partial charge in [-0.3, -0.25) is 9.88 Å². The minimum absolute atomic E-state index is 0.664. The van der Waals surface area contributed by atoms with Gasteiger partial charge in [-0.2, -0.15) is 0 Å². The minimum Gasteiger partial charge on any atom is -0.481 e. The second kappa shape index (κ2) is 6.98. The molecule has 0 atom stereocenters. The molecule has 0 bridgehead atoms. The smallest absolute Gasteiger partial charge is 0.213 e. The summed E-state index contributed by atoms with van der Waals surface area (Å²) >= 11 is 0. The Hall–Kier alpha value is -2.80. The van der Waals surface area contributed by atoms with Crippen LogP contribution in [-0.2, 0) is 6.54 Å². The van der Waals surface area contributed by atoms with Crippen LogP contribution in [0.1, 0.15) is 5.69 Å². The molecule has 7 nitrogen and oxygen atoms in total. The molecule has 1 fully saturated rings. The van der Waals surface area contributed by atoms with Crippen molar-refractivity contribution in [3.8, 4) is 5.88 Å². The first-order valence-electron chi connectivity index (χ1n) is 8.35. The van der Waals surface area contributed by atoms with Gasteiger partial charge in [-0.05, 0) is 12.1 Å². The van der Waals surface area contributed by atoms with Gasteiger partial charge in [-0.15, -0.1) is 0 Å². The number of hydrogen-bond donors (Lipinski definition) is 0. The number of fused-ring (bicyclic) bond motifs is 1. The Bertz CT molecular complexity index is 858. The van der Waals surface area contributed by atoms with Crippen molar-refractivity contribution >= 4 is 16.7 Å². The molecule has 0 aromatic carbocycles. The first kappa shape index (κ1) is 15.7. The molecule has 3 aromatic rings. The fourth-order valence-corrected chi connectivity index (χ4v) is 3.15. The lowest BCUT2D eigenvalue weighted by Gasteiger charge is -2.35. The van der Waals surface area contributed by atoms with Crippen molar-refractivity contribution in [1.82, 2.24) is 24.8 Å². The summed E-state index contributed by atoms with van der Waals surface area (Å²) in [5.74, 6) is 1.66. The maximum atomic E-state index is 5.20. The maximum absolute atomic E-state index is 5.20. The highest BCUT2D eigenvalue weighted by Gasteiger charge is 2.20. The van der Waals surface area contributed by atoms with E-state index in [1.165, 1.54) is 0 Å². The van der Waals surface area contributed by atoms with Gasteiger partial charge in [-0.25, -0.2) is 15.0 Å². The Morgan fingerprint density at radius 3 is 2.80 bits per heavy atom. The van der Waals surface area contributed by atoms with E-state index in [0.29, 0.717) is 5.88 Å². The Morgan fingerprint density at radius 2 is 1.96 bits per heavy atom. The van der Waals surface area contributed by atoms with Crippen LogP contribution in [0.4, 0.5) is 5.82 Å². The van der Waals surface area contributed by atoms with E-state index in [4.69, 9.17) is 4.74 Å². The van der Waals surface area contributed by atoms with Crippen molar-refractivity contribution in [3.63, 3.8) is 0 Å². The second-order valence-electron chi connectivity index (χ2n) is 6.02. The molecule has 0 radical (unpaired) electrons. The molecule has 0 N–H and O–H groups in total. The summed E-state index contributed by atoms with van der Waals surface area (Å²) in [6.07, 6.45) is 5.19. The first-order chi connectivity index (χ1) is 12.3. The number of aromatic nitrogens is 4. The van der Waals surface area contributed by atoms with E-state index in [0.717, 1.165) is 55.1 Å². The summed E-state index contributed by atoms with van der Waals surface area (Å²) < 4.78 is 5.20. The van der Waals surface area contributed by atoms with E-state index in [2.05, 4.69) is 29.7 Å². The number of piperazine rings is 1. The van der Waals surface area contributed by atoms with Crippen molar-refractivity contribution in [2.75, 3.05) is 38.2 Å². The van der Waals surface area contributed by atoms with Gasteiger partial charge in [-0.1, -0.05) is 6.07 Å². The molecule has 0 saturated carbocycles. The fourth-order valence-electron chi connectivity index (χ4n) is 3.15. The molecule has 1 aliphatic heterocycles. The van der Waals surface area contributed by atoms with Gasteiger partial charge in [0, 0.05) is 50.4 Å². The Morgan fingerprint density at radius 1 is 1.08 bits per heavy atom. The molecule has 1 saturated heterocycles. The topological polar surface area (TPSA) is 67.3 Å². The predicted molar refractivity (Wildman–Crippen MR) is 95.6 cm³/mol. The summed E-state index contributed by atoms with van der Waals surface area (Å²) in [5.41, 5.74) is 1.92. The van der Waals surface area contributed by atoms with Crippen molar-refractivity contribution in [2.45, 2.75) is 6.54 Å². The second-order valence-corrected chi connectivity index (χ2v) is 6.02. The van der Waals surface area contributed by atoms with E-state index < -0.39 is 0 Å². The molecule has 3 aromatic heterocycles. The van der Waals surface area contributed by atoms with Crippen LogP contribution in [0.25, 0.3) is 10.9 Å². The maximum Gasteiger partial charge on any atom is 0.213 e. The third kappa shape index (κ3) is 3.36. The van der Waals surface area contributed by atoms with Crippen LogP contribution < -0.4 is 9.64 Å². The molecule has 25 heavy (non-hydrogen) atoms. The Balaban J connectivity index is 1.44. The van der Waals surface area contributed by atoms with E-state index in [1.54, 1.807) is 25.8 Å². The standard InChI is InChI=1S/C18H20N6O/c1-25-17-4-2-3-14(22-17)12-23-7-9-24(10-8-23)18-15-5-6-19-11-16(15)20-13-21-18/h2-6,11,13H,7-10,12H2,1H3.